The van der Waals surface area contributed by atoms with Crippen molar-refractivity contribution in [3.63, 3.8) is 0 Å². The summed E-state index contributed by atoms with van der Waals surface area (Å²) in [5, 5.41) is 18.0. The largest absolute Gasteiger partial charge is 0.387 e. The maximum atomic E-state index is 13.7. The number of aliphatic hydroxyl groups is 1. The molecular formula is C25H33ClN6O2. The van der Waals surface area contributed by atoms with Crippen molar-refractivity contribution in [2.24, 2.45) is 0 Å². The first kappa shape index (κ1) is 23.5. The maximum absolute atomic E-state index is 13.7. The standard InChI is InChI=1S/C25H33ClN6O2/c1-16-12-21(33)23-22(16)24(30-15-29-23)31-8-10-32(11-9-31)25(34)20(14-28-19-6-7-27-13-19)17-2-4-18(26)5-3-17/h2-5,15-16,19-21,27-28,33H,6-14H2,1H3/t16-,19-,20-,21-/m1/s1. The van der Waals surface area contributed by atoms with E-state index < -0.39 is 6.10 Å². The Balaban J connectivity index is 1.28. The highest BCUT2D eigenvalue weighted by Gasteiger charge is 2.35. The van der Waals surface area contributed by atoms with Gasteiger partial charge in [0.1, 0.15) is 12.1 Å². The summed E-state index contributed by atoms with van der Waals surface area (Å²) in [6.07, 6.45) is 2.80. The Morgan fingerprint density at radius 2 is 2.00 bits per heavy atom. The molecule has 34 heavy (non-hydrogen) atoms. The minimum absolute atomic E-state index is 0.150. The topological polar surface area (TPSA) is 93.6 Å². The number of hydrogen-bond acceptors (Lipinski definition) is 7. The first-order valence-electron chi connectivity index (χ1n) is 12.3. The number of piperazine rings is 1. The number of hydrogen-bond donors (Lipinski definition) is 3. The van der Waals surface area contributed by atoms with Gasteiger partial charge in [0.2, 0.25) is 5.91 Å². The first-order valence-corrected chi connectivity index (χ1v) is 12.6. The molecule has 3 aliphatic rings. The molecule has 2 aliphatic heterocycles. The van der Waals surface area contributed by atoms with E-state index in [2.05, 4.69) is 32.4 Å². The van der Waals surface area contributed by atoms with Gasteiger partial charge in [0.05, 0.1) is 17.7 Å². The summed E-state index contributed by atoms with van der Waals surface area (Å²) in [4.78, 5) is 26.8. The van der Waals surface area contributed by atoms with Gasteiger partial charge in [-0.2, -0.15) is 0 Å². The van der Waals surface area contributed by atoms with Gasteiger partial charge in [-0.25, -0.2) is 9.97 Å². The molecule has 0 spiro atoms. The number of amides is 1. The first-order chi connectivity index (χ1) is 16.5. The Labute approximate surface area is 205 Å². The molecule has 8 nitrogen and oxygen atoms in total. The molecule has 3 N–H and O–H groups in total. The van der Waals surface area contributed by atoms with Crippen molar-refractivity contribution in [2.45, 2.75) is 43.7 Å². The molecule has 1 amide bonds. The van der Waals surface area contributed by atoms with Gasteiger partial charge in [-0.15, -0.1) is 0 Å². The molecule has 9 heteroatoms. The summed E-state index contributed by atoms with van der Waals surface area (Å²) in [5.74, 6) is 1.04. The minimum Gasteiger partial charge on any atom is -0.387 e. The number of fused-ring (bicyclic) bond motifs is 1. The van der Waals surface area contributed by atoms with Gasteiger partial charge in [-0.3, -0.25) is 4.79 Å². The third-order valence-electron chi connectivity index (χ3n) is 7.41. The van der Waals surface area contributed by atoms with E-state index in [1.807, 2.05) is 29.2 Å². The van der Waals surface area contributed by atoms with Gasteiger partial charge in [0.15, 0.2) is 0 Å². The number of aliphatic hydroxyl groups excluding tert-OH is 1. The molecule has 1 aliphatic carbocycles. The summed E-state index contributed by atoms with van der Waals surface area (Å²) in [5.41, 5.74) is 2.81. The van der Waals surface area contributed by atoms with Crippen molar-refractivity contribution in [1.82, 2.24) is 25.5 Å². The lowest BCUT2D eigenvalue weighted by Crippen LogP contribution is -2.51. The molecule has 1 aromatic carbocycles. The SMILES string of the molecule is C[C@@H]1C[C@@H](O)c2ncnc(N3CCN(C(=O)[C@H](CN[C@@H]4CCNC4)c4ccc(Cl)cc4)CC3)c21. The number of nitrogens with one attached hydrogen (secondary N) is 2. The van der Waals surface area contributed by atoms with Crippen molar-refractivity contribution in [2.75, 3.05) is 50.7 Å². The van der Waals surface area contributed by atoms with Crippen LogP contribution in [0, 0.1) is 0 Å². The molecule has 0 bridgehead atoms. The van der Waals surface area contributed by atoms with Crippen LogP contribution in [0.25, 0.3) is 0 Å². The molecule has 3 heterocycles. The van der Waals surface area contributed by atoms with Crippen LogP contribution in [0.3, 0.4) is 0 Å². The Hall–Kier alpha value is -2.26. The Morgan fingerprint density at radius 3 is 2.71 bits per heavy atom. The zero-order chi connectivity index (χ0) is 23.7. The van der Waals surface area contributed by atoms with Crippen LogP contribution in [0.1, 0.15) is 54.5 Å². The lowest BCUT2D eigenvalue weighted by molar-refractivity contribution is -0.133. The molecule has 2 aromatic rings. The van der Waals surface area contributed by atoms with Gasteiger partial charge in [0.25, 0.3) is 0 Å². The van der Waals surface area contributed by atoms with Gasteiger partial charge in [-0.05, 0) is 43.0 Å². The monoisotopic (exact) mass is 484 g/mol. The third kappa shape index (κ3) is 4.77. The van der Waals surface area contributed by atoms with E-state index in [1.54, 1.807) is 6.33 Å². The van der Waals surface area contributed by atoms with E-state index in [-0.39, 0.29) is 17.7 Å². The van der Waals surface area contributed by atoms with E-state index in [1.165, 1.54) is 0 Å². The fraction of sp³-hybridized carbons (Fsp3) is 0.560. The fourth-order valence-electron chi connectivity index (χ4n) is 5.47. The maximum Gasteiger partial charge on any atom is 0.231 e. The van der Waals surface area contributed by atoms with Crippen LogP contribution in [0.5, 0.6) is 0 Å². The number of nitrogens with zero attached hydrogens (tertiary/aromatic N) is 4. The summed E-state index contributed by atoms with van der Waals surface area (Å²) in [7, 11) is 0. The highest BCUT2D eigenvalue weighted by atomic mass is 35.5. The van der Waals surface area contributed by atoms with E-state index in [0.29, 0.717) is 50.2 Å². The van der Waals surface area contributed by atoms with Crippen LogP contribution >= 0.6 is 11.6 Å². The third-order valence-corrected chi connectivity index (χ3v) is 7.66. The molecule has 1 aromatic heterocycles. The fourth-order valence-corrected chi connectivity index (χ4v) is 5.60. The van der Waals surface area contributed by atoms with Gasteiger partial charge in [-0.1, -0.05) is 30.7 Å². The lowest BCUT2D eigenvalue weighted by Gasteiger charge is -2.38. The minimum atomic E-state index is -0.516. The number of carbonyl (C=O) groups is 1. The number of anilines is 1. The predicted molar refractivity (Wildman–Crippen MR) is 132 cm³/mol. The lowest BCUT2D eigenvalue weighted by atomic mass is 9.96. The Kier molecular flexibility index (Phi) is 7.01. The van der Waals surface area contributed by atoms with Crippen molar-refractivity contribution in [3.05, 3.63) is 52.4 Å². The molecule has 0 saturated carbocycles. The second-order valence-electron chi connectivity index (χ2n) is 9.66. The number of rotatable bonds is 6. The number of carbonyl (C=O) groups excluding carboxylic acids is 1. The summed E-state index contributed by atoms with van der Waals surface area (Å²) in [6, 6.07) is 8.05. The normalized spacial score (nSPS) is 25.4. The number of aromatic nitrogens is 2. The van der Waals surface area contributed by atoms with Crippen LogP contribution in [-0.4, -0.2) is 77.7 Å². The molecular weight excluding hydrogens is 452 g/mol. The van der Waals surface area contributed by atoms with Crippen LogP contribution in [0.2, 0.25) is 5.02 Å². The summed E-state index contributed by atoms with van der Waals surface area (Å²) >= 11 is 6.11. The van der Waals surface area contributed by atoms with Crippen LogP contribution in [0.4, 0.5) is 5.82 Å². The smallest absolute Gasteiger partial charge is 0.231 e. The molecule has 0 radical (unpaired) electrons. The predicted octanol–water partition coefficient (Wildman–Crippen LogP) is 2.05. The second-order valence-corrected chi connectivity index (χ2v) is 10.1. The van der Waals surface area contributed by atoms with Gasteiger partial charge >= 0.3 is 0 Å². The molecule has 182 valence electrons. The average molecular weight is 485 g/mol. The zero-order valence-electron chi connectivity index (χ0n) is 19.6. The molecule has 5 rings (SSSR count). The average Bonchev–Trinajstić information content (AvgIpc) is 3.48. The van der Waals surface area contributed by atoms with Crippen molar-refractivity contribution in [1.29, 1.82) is 0 Å². The number of halogens is 1. The van der Waals surface area contributed by atoms with Gasteiger partial charge < -0.3 is 25.5 Å². The highest BCUT2D eigenvalue weighted by molar-refractivity contribution is 6.30. The number of benzene rings is 1. The van der Waals surface area contributed by atoms with E-state index in [0.717, 1.165) is 42.1 Å². The molecule has 4 atom stereocenters. The molecule has 2 saturated heterocycles. The van der Waals surface area contributed by atoms with Crippen molar-refractivity contribution >= 4 is 23.3 Å². The Morgan fingerprint density at radius 1 is 1.24 bits per heavy atom. The second kappa shape index (κ2) is 10.2. The highest BCUT2D eigenvalue weighted by Crippen LogP contribution is 2.42. The summed E-state index contributed by atoms with van der Waals surface area (Å²) < 4.78 is 0. The summed E-state index contributed by atoms with van der Waals surface area (Å²) in [6.45, 7) is 7.40. The zero-order valence-corrected chi connectivity index (χ0v) is 20.3. The van der Waals surface area contributed by atoms with E-state index in [4.69, 9.17) is 11.6 Å². The van der Waals surface area contributed by atoms with Crippen LogP contribution < -0.4 is 15.5 Å². The Bertz CT molecular complexity index is 1000. The van der Waals surface area contributed by atoms with E-state index in [9.17, 15) is 9.90 Å². The molecule has 0 unspecified atom stereocenters. The van der Waals surface area contributed by atoms with Crippen molar-refractivity contribution < 1.29 is 9.90 Å². The van der Waals surface area contributed by atoms with E-state index >= 15 is 0 Å². The van der Waals surface area contributed by atoms with Gasteiger partial charge in [0, 0.05) is 55.9 Å². The van der Waals surface area contributed by atoms with Crippen LogP contribution in [0.15, 0.2) is 30.6 Å². The molecule has 2 fully saturated rings. The van der Waals surface area contributed by atoms with Crippen molar-refractivity contribution in [3.8, 4) is 0 Å². The van der Waals surface area contributed by atoms with Crippen LogP contribution in [-0.2, 0) is 4.79 Å². The quantitative estimate of drug-likeness (QED) is 0.577.